The van der Waals surface area contributed by atoms with Crippen molar-refractivity contribution in [2.45, 2.75) is 24.8 Å². The van der Waals surface area contributed by atoms with Crippen molar-refractivity contribution < 1.29 is 4.92 Å². The molecule has 1 aromatic rings. The third-order valence-electron chi connectivity index (χ3n) is 3.22. The number of anilines is 2. The second kappa shape index (κ2) is 4.21. The van der Waals surface area contributed by atoms with Crippen LogP contribution in [0, 0.1) is 10.1 Å². The van der Waals surface area contributed by atoms with Crippen molar-refractivity contribution in [1.82, 2.24) is 0 Å². The molecule has 1 fully saturated rings. The first-order chi connectivity index (χ1) is 8.00. The van der Waals surface area contributed by atoms with Crippen LogP contribution in [0.1, 0.15) is 19.3 Å². The average Bonchev–Trinajstić information content (AvgIpc) is 2.23. The van der Waals surface area contributed by atoms with Gasteiger partial charge in [0.25, 0.3) is 5.69 Å². The molecule has 0 amide bonds. The zero-order valence-electron chi connectivity index (χ0n) is 9.48. The van der Waals surface area contributed by atoms with Crippen LogP contribution in [-0.2, 0) is 0 Å². The minimum atomic E-state index is -0.491. The lowest BCUT2D eigenvalue weighted by atomic mass is 9.78. The number of nitro groups is 1. The third-order valence-corrected chi connectivity index (χ3v) is 3.22. The first-order valence-electron chi connectivity index (χ1n) is 5.57. The van der Waals surface area contributed by atoms with Gasteiger partial charge in [-0.2, -0.15) is 0 Å². The van der Waals surface area contributed by atoms with Gasteiger partial charge in [-0.25, -0.2) is 0 Å². The number of nitrogen functional groups attached to an aromatic ring is 1. The van der Waals surface area contributed by atoms with E-state index in [4.69, 9.17) is 11.5 Å². The number of hydrogen-bond acceptors (Lipinski definition) is 5. The summed E-state index contributed by atoms with van der Waals surface area (Å²) >= 11 is 0. The molecule has 1 aliphatic rings. The van der Waals surface area contributed by atoms with Gasteiger partial charge in [-0.3, -0.25) is 10.1 Å². The van der Waals surface area contributed by atoms with Gasteiger partial charge in [0.1, 0.15) is 5.69 Å². The molecule has 1 saturated carbocycles. The maximum atomic E-state index is 10.6. The second-order valence-electron chi connectivity index (χ2n) is 4.60. The molecule has 5 N–H and O–H groups in total. The largest absolute Gasteiger partial charge is 0.393 e. The van der Waals surface area contributed by atoms with E-state index in [9.17, 15) is 10.1 Å². The number of hydrogen-bond donors (Lipinski definition) is 3. The Morgan fingerprint density at radius 2 is 2.18 bits per heavy atom. The molecule has 0 radical (unpaired) electrons. The Morgan fingerprint density at radius 3 is 2.65 bits per heavy atom. The molecule has 0 atom stereocenters. The SMILES string of the molecule is Nc1cc(NCC2(N)CCC2)ccc1[N+](=O)[O-]. The highest BCUT2D eigenvalue weighted by atomic mass is 16.6. The number of benzene rings is 1. The summed E-state index contributed by atoms with van der Waals surface area (Å²) in [5.41, 5.74) is 12.4. The standard InChI is InChI=1S/C11H16N4O2/c12-9-6-8(2-3-10(9)15(16)17)14-7-11(13)4-1-5-11/h2-3,6,14H,1,4-5,7,12-13H2. The molecule has 1 aromatic carbocycles. The van der Waals surface area contributed by atoms with E-state index in [1.165, 1.54) is 12.5 Å². The van der Waals surface area contributed by atoms with Crippen molar-refractivity contribution >= 4 is 17.1 Å². The highest BCUT2D eigenvalue weighted by molar-refractivity contribution is 5.65. The molecule has 0 aromatic heterocycles. The van der Waals surface area contributed by atoms with Gasteiger partial charge in [-0.05, 0) is 31.4 Å². The molecular weight excluding hydrogens is 220 g/mol. The van der Waals surface area contributed by atoms with Gasteiger partial charge in [-0.1, -0.05) is 0 Å². The highest BCUT2D eigenvalue weighted by Gasteiger charge is 2.32. The minimum absolute atomic E-state index is 0.0679. The fraction of sp³-hybridized carbons (Fsp3) is 0.455. The van der Waals surface area contributed by atoms with Crippen molar-refractivity contribution in [1.29, 1.82) is 0 Å². The lowest BCUT2D eigenvalue weighted by molar-refractivity contribution is -0.383. The smallest absolute Gasteiger partial charge is 0.292 e. The van der Waals surface area contributed by atoms with E-state index in [2.05, 4.69) is 5.32 Å². The topological polar surface area (TPSA) is 107 Å². The molecule has 0 saturated heterocycles. The van der Waals surface area contributed by atoms with Crippen LogP contribution < -0.4 is 16.8 Å². The maximum absolute atomic E-state index is 10.6. The summed E-state index contributed by atoms with van der Waals surface area (Å²) in [6, 6.07) is 4.62. The molecule has 6 heteroatoms. The zero-order chi connectivity index (χ0) is 12.5. The van der Waals surface area contributed by atoms with Crippen molar-refractivity contribution in [2.75, 3.05) is 17.6 Å². The molecule has 92 valence electrons. The maximum Gasteiger partial charge on any atom is 0.292 e. The van der Waals surface area contributed by atoms with Crippen molar-refractivity contribution in [2.24, 2.45) is 5.73 Å². The number of nitro benzene ring substituents is 1. The quantitative estimate of drug-likeness (QED) is 0.417. The predicted molar refractivity (Wildman–Crippen MR) is 66.8 cm³/mol. The fourth-order valence-electron chi connectivity index (χ4n) is 1.92. The Bertz CT molecular complexity index is 443. The van der Waals surface area contributed by atoms with E-state index < -0.39 is 4.92 Å². The van der Waals surface area contributed by atoms with Gasteiger partial charge in [0.15, 0.2) is 0 Å². The molecule has 0 unspecified atom stereocenters. The van der Waals surface area contributed by atoms with Crippen LogP contribution in [0.4, 0.5) is 17.1 Å². The third kappa shape index (κ3) is 2.47. The minimum Gasteiger partial charge on any atom is -0.393 e. The van der Waals surface area contributed by atoms with E-state index >= 15 is 0 Å². The lowest BCUT2D eigenvalue weighted by Gasteiger charge is -2.38. The summed E-state index contributed by atoms with van der Waals surface area (Å²) in [6.45, 7) is 0.671. The van der Waals surface area contributed by atoms with Gasteiger partial charge in [0.2, 0.25) is 0 Å². The highest BCUT2D eigenvalue weighted by Crippen LogP contribution is 2.30. The molecule has 0 bridgehead atoms. The van der Waals surface area contributed by atoms with Crippen LogP contribution in [-0.4, -0.2) is 17.0 Å². The number of nitrogens with zero attached hydrogens (tertiary/aromatic N) is 1. The molecule has 0 spiro atoms. The van der Waals surface area contributed by atoms with E-state index in [1.54, 1.807) is 12.1 Å². The van der Waals surface area contributed by atoms with Gasteiger partial charge in [-0.15, -0.1) is 0 Å². The van der Waals surface area contributed by atoms with Crippen LogP contribution in [0.2, 0.25) is 0 Å². The Labute approximate surface area is 99.1 Å². The molecule has 6 nitrogen and oxygen atoms in total. The Morgan fingerprint density at radius 1 is 1.47 bits per heavy atom. The number of nitrogens with two attached hydrogens (primary N) is 2. The monoisotopic (exact) mass is 236 g/mol. The molecule has 17 heavy (non-hydrogen) atoms. The van der Waals surface area contributed by atoms with Crippen molar-refractivity contribution in [3.8, 4) is 0 Å². The predicted octanol–water partition coefficient (Wildman–Crippen LogP) is 1.47. The van der Waals surface area contributed by atoms with Crippen molar-refractivity contribution in [3.63, 3.8) is 0 Å². The van der Waals surface area contributed by atoms with Gasteiger partial charge in [0, 0.05) is 23.8 Å². The normalized spacial score (nSPS) is 17.2. The summed E-state index contributed by atoms with van der Waals surface area (Å²) < 4.78 is 0. The van der Waals surface area contributed by atoms with E-state index in [0.29, 0.717) is 6.54 Å². The molecular formula is C11H16N4O2. The second-order valence-corrected chi connectivity index (χ2v) is 4.60. The first-order valence-corrected chi connectivity index (χ1v) is 5.57. The van der Waals surface area contributed by atoms with Crippen LogP contribution in [0.15, 0.2) is 18.2 Å². The number of rotatable bonds is 4. The summed E-state index contributed by atoms with van der Waals surface area (Å²) in [4.78, 5) is 10.1. The van der Waals surface area contributed by atoms with E-state index in [-0.39, 0.29) is 16.9 Å². The molecule has 0 aliphatic heterocycles. The molecule has 0 heterocycles. The van der Waals surface area contributed by atoms with E-state index in [0.717, 1.165) is 18.5 Å². The van der Waals surface area contributed by atoms with Crippen molar-refractivity contribution in [3.05, 3.63) is 28.3 Å². The molecule has 1 aliphatic carbocycles. The average molecular weight is 236 g/mol. The zero-order valence-corrected chi connectivity index (χ0v) is 9.48. The summed E-state index contributed by atoms with van der Waals surface area (Å²) in [6.07, 6.45) is 3.20. The van der Waals surface area contributed by atoms with E-state index in [1.807, 2.05) is 0 Å². The Balaban J connectivity index is 2.02. The Hall–Kier alpha value is -1.82. The lowest BCUT2D eigenvalue weighted by Crippen LogP contribution is -2.51. The summed E-state index contributed by atoms with van der Waals surface area (Å²) in [5, 5.41) is 13.8. The van der Waals surface area contributed by atoms with Gasteiger partial charge in [0.05, 0.1) is 4.92 Å². The fourth-order valence-corrected chi connectivity index (χ4v) is 1.92. The summed E-state index contributed by atoms with van der Waals surface area (Å²) in [7, 11) is 0. The van der Waals surface area contributed by atoms with Gasteiger partial charge < -0.3 is 16.8 Å². The number of nitrogens with one attached hydrogen (secondary N) is 1. The van der Waals surface area contributed by atoms with Crippen LogP contribution in [0.5, 0.6) is 0 Å². The van der Waals surface area contributed by atoms with Crippen LogP contribution in [0.25, 0.3) is 0 Å². The Kier molecular flexibility index (Phi) is 2.89. The van der Waals surface area contributed by atoms with Gasteiger partial charge >= 0.3 is 0 Å². The summed E-state index contributed by atoms with van der Waals surface area (Å²) in [5.74, 6) is 0. The van der Waals surface area contributed by atoms with Crippen LogP contribution in [0.3, 0.4) is 0 Å². The molecule has 2 rings (SSSR count). The van der Waals surface area contributed by atoms with Crippen LogP contribution >= 0.6 is 0 Å². The first kappa shape index (κ1) is 11.7.